The summed E-state index contributed by atoms with van der Waals surface area (Å²) in [6, 6.07) is 7.20. The maximum atomic E-state index is 10.5. The molecule has 2 aromatic rings. The van der Waals surface area contributed by atoms with Gasteiger partial charge in [0.1, 0.15) is 11.4 Å². The quantitative estimate of drug-likeness (QED) is 0.818. The summed E-state index contributed by atoms with van der Waals surface area (Å²) in [5, 5.41) is 14.9. The summed E-state index contributed by atoms with van der Waals surface area (Å²) in [6.45, 7) is 2.65. The normalized spacial score (nSPS) is 13.9. The number of hydrogen-bond acceptors (Lipinski definition) is 6. The van der Waals surface area contributed by atoms with E-state index in [1.54, 1.807) is 26.2 Å². The minimum absolute atomic E-state index is 0.326. The van der Waals surface area contributed by atoms with Crippen molar-refractivity contribution >= 4 is 28.3 Å². The Morgan fingerprint density at radius 3 is 3.00 bits per heavy atom. The third kappa shape index (κ3) is 4.64. The number of rotatable bonds is 7. The van der Waals surface area contributed by atoms with Crippen LogP contribution < -0.4 is 5.32 Å². The van der Waals surface area contributed by atoms with E-state index < -0.39 is 5.60 Å². The van der Waals surface area contributed by atoms with Gasteiger partial charge in [0.05, 0.1) is 6.61 Å². The molecule has 0 saturated carbocycles. The van der Waals surface area contributed by atoms with Crippen LogP contribution in [0.15, 0.2) is 24.3 Å². The average molecular weight is 328 g/mol. The number of nitrogens with zero attached hydrogens (tertiary/aromatic N) is 2. The Balaban J connectivity index is 1.96. The number of hydrogen-bond donors (Lipinski definition) is 2. The largest absolute Gasteiger partial charge is 0.384 e. The van der Waals surface area contributed by atoms with Crippen molar-refractivity contribution in [2.45, 2.75) is 18.9 Å². The monoisotopic (exact) mass is 327 g/mol. The molecule has 0 saturated heterocycles. The molecule has 2 rings (SSSR count). The van der Waals surface area contributed by atoms with Gasteiger partial charge in [-0.05, 0) is 24.6 Å². The first-order valence-electron chi connectivity index (χ1n) is 6.55. The van der Waals surface area contributed by atoms with Crippen molar-refractivity contribution in [3.63, 3.8) is 0 Å². The van der Waals surface area contributed by atoms with E-state index in [1.165, 1.54) is 11.5 Å². The lowest BCUT2D eigenvalue weighted by Gasteiger charge is -2.24. The Morgan fingerprint density at radius 1 is 1.48 bits per heavy atom. The zero-order chi connectivity index (χ0) is 15.3. The van der Waals surface area contributed by atoms with E-state index in [0.717, 1.165) is 11.4 Å². The van der Waals surface area contributed by atoms with E-state index in [4.69, 9.17) is 16.3 Å². The second-order valence-corrected chi connectivity index (χ2v) is 6.08. The van der Waals surface area contributed by atoms with Crippen LogP contribution in [0.1, 0.15) is 18.3 Å². The number of halogens is 1. The maximum Gasteiger partial charge on any atom is 0.202 e. The van der Waals surface area contributed by atoms with Crippen molar-refractivity contribution in [3.8, 4) is 0 Å². The van der Waals surface area contributed by atoms with Gasteiger partial charge in [0, 0.05) is 36.6 Å². The van der Waals surface area contributed by atoms with Gasteiger partial charge in [-0.15, -0.1) is 0 Å². The predicted molar refractivity (Wildman–Crippen MR) is 85.0 cm³/mol. The molecule has 0 aliphatic carbocycles. The van der Waals surface area contributed by atoms with Gasteiger partial charge >= 0.3 is 0 Å². The molecule has 114 valence electrons. The standard InChI is InChI=1S/C14H18ClN3O2S/c1-14(19,10-4-3-5-11(15)8-10)9-16-13-17-12(18-21-13)6-7-20-2/h3-5,8,19H,6-7,9H2,1-2H3,(H,16,17,18). The number of benzene rings is 1. The summed E-state index contributed by atoms with van der Waals surface area (Å²) < 4.78 is 9.22. The molecular weight excluding hydrogens is 310 g/mol. The van der Waals surface area contributed by atoms with Gasteiger partial charge < -0.3 is 15.2 Å². The van der Waals surface area contributed by atoms with Crippen LogP contribution in [-0.4, -0.2) is 34.7 Å². The minimum Gasteiger partial charge on any atom is -0.384 e. The van der Waals surface area contributed by atoms with Gasteiger partial charge in [0.25, 0.3) is 0 Å². The molecule has 1 aromatic carbocycles. The van der Waals surface area contributed by atoms with E-state index in [0.29, 0.717) is 29.7 Å². The highest BCUT2D eigenvalue weighted by Crippen LogP contribution is 2.24. The van der Waals surface area contributed by atoms with E-state index >= 15 is 0 Å². The molecule has 1 heterocycles. The Morgan fingerprint density at radius 2 is 2.29 bits per heavy atom. The molecule has 1 atom stereocenters. The lowest BCUT2D eigenvalue weighted by Crippen LogP contribution is -2.30. The molecule has 7 heteroatoms. The van der Waals surface area contributed by atoms with Crippen molar-refractivity contribution in [1.82, 2.24) is 9.36 Å². The summed E-state index contributed by atoms with van der Waals surface area (Å²) >= 11 is 7.23. The number of ether oxygens (including phenoxy) is 1. The zero-order valence-electron chi connectivity index (χ0n) is 12.0. The van der Waals surface area contributed by atoms with Crippen LogP contribution in [0.2, 0.25) is 5.02 Å². The van der Waals surface area contributed by atoms with Gasteiger partial charge in [-0.2, -0.15) is 4.37 Å². The van der Waals surface area contributed by atoms with Crippen LogP contribution in [0.25, 0.3) is 0 Å². The van der Waals surface area contributed by atoms with Crippen LogP contribution >= 0.6 is 23.1 Å². The number of methoxy groups -OCH3 is 1. The minimum atomic E-state index is -1.04. The summed E-state index contributed by atoms with van der Waals surface area (Å²) in [6.07, 6.45) is 0.680. The van der Waals surface area contributed by atoms with E-state index in [-0.39, 0.29) is 0 Å². The van der Waals surface area contributed by atoms with Gasteiger partial charge in [-0.1, -0.05) is 23.7 Å². The SMILES string of the molecule is COCCc1nsc(NCC(C)(O)c2cccc(Cl)c2)n1. The summed E-state index contributed by atoms with van der Waals surface area (Å²) in [4.78, 5) is 4.34. The van der Waals surface area contributed by atoms with Crippen LogP contribution in [0.3, 0.4) is 0 Å². The molecule has 1 unspecified atom stereocenters. The Bertz CT molecular complexity index is 589. The Labute approximate surface area is 133 Å². The average Bonchev–Trinajstić information content (AvgIpc) is 2.91. The molecule has 0 aliphatic heterocycles. The second-order valence-electron chi connectivity index (χ2n) is 4.90. The maximum absolute atomic E-state index is 10.5. The molecule has 2 N–H and O–H groups in total. The number of nitrogens with one attached hydrogen (secondary N) is 1. The smallest absolute Gasteiger partial charge is 0.202 e. The fraction of sp³-hybridized carbons (Fsp3) is 0.429. The van der Waals surface area contributed by atoms with Crippen molar-refractivity contribution < 1.29 is 9.84 Å². The van der Waals surface area contributed by atoms with Crippen LogP contribution in [-0.2, 0) is 16.8 Å². The molecule has 0 aliphatic rings. The van der Waals surface area contributed by atoms with E-state index in [1.807, 2.05) is 12.1 Å². The van der Waals surface area contributed by atoms with Crippen molar-refractivity contribution in [3.05, 3.63) is 40.7 Å². The van der Waals surface area contributed by atoms with Gasteiger partial charge in [0.2, 0.25) is 5.13 Å². The van der Waals surface area contributed by atoms with E-state index in [9.17, 15) is 5.11 Å². The van der Waals surface area contributed by atoms with Crippen molar-refractivity contribution in [2.24, 2.45) is 0 Å². The first kappa shape index (κ1) is 16.2. The lowest BCUT2D eigenvalue weighted by molar-refractivity contribution is 0.0715. The molecular formula is C14H18ClN3O2S. The molecule has 0 bridgehead atoms. The van der Waals surface area contributed by atoms with Crippen molar-refractivity contribution in [1.29, 1.82) is 0 Å². The first-order chi connectivity index (χ1) is 10.0. The van der Waals surface area contributed by atoms with Gasteiger partial charge in [-0.3, -0.25) is 0 Å². The summed E-state index contributed by atoms with van der Waals surface area (Å²) in [5.41, 5.74) is -0.282. The predicted octanol–water partition coefficient (Wildman–Crippen LogP) is 2.70. The number of aliphatic hydroxyl groups is 1. The van der Waals surface area contributed by atoms with Gasteiger partial charge in [0.15, 0.2) is 0 Å². The van der Waals surface area contributed by atoms with Crippen LogP contribution in [0.5, 0.6) is 0 Å². The summed E-state index contributed by atoms with van der Waals surface area (Å²) in [5.74, 6) is 0.742. The molecule has 21 heavy (non-hydrogen) atoms. The lowest BCUT2D eigenvalue weighted by atomic mass is 9.96. The second kappa shape index (κ2) is 7.17. The molecule has 0 amide bonds. The third-order valence-corrected chi connectivity index (χ3v) is 3.97. The highest BCUT2D eigenvalue weighted by molar-refractivity contribution is 7.09. The fourth-order valence-electron chi connectivity index (χ4n) is 1.79. The van der Waals surface area contributed by atoms with Gasteiger partial charge in [-0.25, -0.2) is 4.98 Å². The van der Waals surface area contributed by atoms with E-state index in [2.05, 4.69) is 14.7 Å². The summed E-state index contributed by atoms with van der Waals surface area (Å²) in [7, 11) is 1.65. The fourth-order valence-corrected chi connectivity index (χ4v) is 2.59. The molecule has 1 aromatic heterocycles. The molecule has 0 spiro atoms. The molecule has 5 nitrogen and oxygen atoms in total. The van der Waals surface area contributed by atoms with Crippen LogP contribution in [0.4, 0.5) is 5.13 Å². The van der Waals surface area contributed by atoms with Crippen molar-refractivity contribution in [2.75, 3.05) is 25.6 Å². The van der Waals surface area contributed by atoms with Crippen LogP contribution in [0, 0.1) is 0 Å². The third-order valence-electron chi connectivity index (χ3n) is 3.03. The zero-order valence-corrected chi connectivity index (χ0v) is 13.5. The number of aromatic nitrogens is 2. The Kier molecular flexibility index (Phi) is 5.52. The molecule has 0 radical (unpaired) electrons. The topological polar surface area (TPSA) is 67.3 Å². The first-order valence-corrected chi connectivity index (χ1v) is 7.70. The highest BCUT2D eigenvalue weighted by atomic mass is 35.5. The Hall–Kier alpha value is -1.21. The highest BCUT2D eigenvalue weighted by Gasteiger charge is 2.23. The number of anilines is 1. The molecule has 0 fully saturated rings.